The summed E-state index contributed by atoms with van der Waals surface area (Å²) in [5.74, 6) is 3.17. The number of anilines is 1. The van der Waals surface area contributed by atoms with Crippen LogP contribution in [0, 0.1) is 5.92 Å². The van der Waals surface area contributed by atoms with E-state index in [4.69, 9.17) is 10.5 Å². The van der Waals surface area contributed by atoms with Crippen molar-refractivity contribution in [1.82, 2.24) is 15.0 Å². The third kappa shape index (κ3) is 2.61. The van der Waals surface area contributed by atoms with E-state index in [9.17, 15) is 0 Å². The van der Waals surface area contributed by atoms with Crippen LogP contribution in [0.5, 0.6) is 0 Å². The van der Waals surface area contributed by atoms with E-state index in [2.05, 4.69) is 15.0 Å². The highest BCUT2D eigenvalue weighted by Crippen LogP contribution is 2.32. The number of nitrogen functional groups attached to an aromatic ring is 1. The molecule has 0 radical (unpaired) electrons. The minimum absolute atomic E-state index is 0.376. The van der Waals surface area contributed by atoms with Crippen LogP contribution in [0.15, 0.2) is 0 Å². The van der Waals surface area contributed by atoms with E-state index in [0.717, 1.165) is 37.7 Å². The van der Waals surface area contributed by atoms with Gasteiger partial charge in [0, 0.05) is 25.6 Å². The van der Waals surface area contributed by atoms with Crippen molar-refractivity contribution in [1.29, 1.82) is 0 Å². The van der Waals surface area contributed by atoms with Crippen LogP contribution >= 0.6 is 0 Å². The van der Waals surface area contributed by atoms with Crippen LogP contribution in [0.3, 0.4) is 0 Å². The molecule has 1 aromatic rings. The fourth-order valence-corrected chi connectivity index (χ4v) is 2.92. The van der Waals surface area contributed by atoms with E-state index >= 15 is 0 Å². The summed E-state index contributed by atoms with van der Waals surface area (Å²) in [4.78, 5) is 13.2. The van der Waals surface area contributed by atoms with Gasteiger partial charge in [0.2, 0.25) is 5.95 Å². The molecule has 1 aliphatic heterocycles. The van der Waals surface area contributed by atoms with Crippen LogP contribution in [0.2, 0.25) is 0 Å². The van der Waals surface area contributed by atoms with E-state index in [0.29, 0.717) is 17.8 Å². The second kappa shape index (κ2) is 5.18. The maximum absolute atomic E-state index is 5.81. The molecule has 1 aromatic heterocycles. The van der Waals surface area contributed by atoms with E-state index in [-0.39, 0.29) is 0 Å². The summed E-state index contributed by atoms with van der Waals surface area (Å²) < 4.78 is 5.39. The standard InChI is InChI=1S/C13H20N4O/c14-13-16-11(7-9-5-6-18-8-9)15-12(17-13)10-3-1-2-4-10/h9-10H,1-8H2,(H2,14,15,16,17). The van der Waals surface area contributed by atoms with Gasteiger partial charge >= 0.3 is 0 Å². The van der Waals surface area contributed by atoms with Gasteiger partial charge in [-0.25, -0.2) is 4.98 Å². The van der Waals surface area contributed by atoms with Gasteiger partial charge in [-0.05, 0) is 25.2 Å². The number of ether oxygens (including phenoxy) is 1. The summed E-state index contributed by atoms with van der Waals surface area (Å²) in [5.41, 5.74) is 5.81. The van der Waals surface area contributed by atoms with Crippen molar-refractivity contribution in [2.24, 2.45) is 5.92 Å². The number of hydrogen-bond donors (Lipinski definition) is 1. The van der Waals surface area contributed by atoms with E-state index < -0.39 is 0 Å². The molecule has 2 aliphatic rings. The monoisotopic (exact) mass is 248 g/mol. The molecule has 98 valence electrons. The van der Waals surface area contributed by atoms with Crippen molar-refractivity contribution >= 4 is 5.95 Å². The van der Waals surface area contributed by atoms with Gasteiger partial charge in [0.05, 0.1) is 0 Å². The van der Waals surface area contributed by atoms with Crippen LogP contribution in [0.1, 0.15) is 49.7 Å². The van der Waals surface area contributed by atoms with Crippen LogP contribution in [-0.2, 0) is 11.2 Å². The van der Waals surface area contributed by atoms with Crippen molar-refractivity contribution in [3.8, 4) is 0 Å². The first-order valence-corrected chi connectivity index (χ1v) is 6.89. The lowest BCUT2D eigenvalue weighted by Gasteiger charge is -2.11. The first kappa shape index (κ1) is 11.8. The van der Waals surface area contributed by atoms with Gasteiger partial charge in [-0.15, -0.1) is 0 Å². The summed E-state index contributed by atoms with van der Waals surface area (Å²) in [6.45, 7) is 1.69. The van der Waals surface area contributed by atoms with Gasteiger partial charge in [-0.1, -0.05) is 12.8 Å². The minimum atomic E-state index is 0.376. The Morgan fingerprint density at radius 1 is 1.11 bits per heavy atom. The second-order valence-corrected chi connectivity index (χ2v) is 5.38. The fourth-order valence-electron chi connectivity index (χ4n) is 2.92. The van der Waals surface area contributed by atoms with Gasteiger partial charge in [-0.2, -0.15) is 9.97 Å². The number of rotatable bonds is 3. The number of hydrogen-bond acceptors (Lipinski definition) is 5. The lowest BCUT2D eigenvalue weighted by Crippen LogP contribution is -2.13. The van der Waals surface area contributed by atoms with E-state index in [1.54, 1.807) is 0 Å². The largest absolute Gasteiger partial charge is 0.381 e. The summed E-state index contributed by atoms with van der Waals surface area (Å²) in [5, 5.41) is 0. The van der Waals surface area contributed by atoms with Crippen LogP contribution in [0.4, 0.5) is 5.95 Å². The quantitative estimate of drug-likeness (QED) is 0.881. The molecule has 5 nitrogen and oxygen atoms in total. The van der Waals surface area contributed by atoms with Crippen molar-refractivity contribution in [2.75, 3.05) is 18.9 Å². The lowest BCUT2D eigenvalue weighted by atomic mass is 10.0. The van der Waals surface area contributed by atoms with Crippen LogP contribution < -0.4 is 5.73 Å². The highest BCUT2D eigenvalue weighted by atomic mass is 16.5. The van der Waals surface area contributed by atoms with E-state index in [1.165, 1.54) is 25.7 Å². The zero-order valence-corrected chi connectivity index (χ0v) is 10.6. The Morgan fingerprint density at radius 2 is 1.94 bits per heavy atom. The SMILES string of the molecule is Nc1nc(CC2CCOC2)nc(C2CCCC2)n1. The molecule has 2 fully saturated rings. The predicted octanol–water partition coefficient (Wildman–Crippen LogP) is 1.69. The van der Waals surface area contributed by atoms with Crippen molar-refractivity contribution < 1.29 is 4.74 Å². The Hall–Kier alpha value is -1.23. The van der Waals surface area contributed by atoms with Gasteiger partial charge in [0.1, 0.15) is 11.6 Å². The molecule has 0 spiro atoms. The summed E-state index contributed by atoms with van der Waals surface area (Å²) in [6, 6.07) is 0. The molecule has 18 heavy (non-hydrogen) atoms. The molecule has 1 aliphatic carbocycles. The summed E-state index contributed by atoms with van der Waals surface area (Å²) >= 11 is 0. The highest BCUT2D eigenvalue weighted by molar-refractivity contribution is 5.18. The van der Waals surface area contributed by atoms with Crippen molar-refractivity contribution in [2.45, 2.75) is 44.4 Å². The van der Waals surface area contributed by atoms with Gasteiger partial charge < -0.3 is 10.5 Å². The third-order valence-corrected chi connectivity index (χ3v) is 3.93. The average Bonchev–Trinajstić information content (AvgIpc) is 3.00. The molecule has 3 rings (SSSR count). The molecule has 0 amide bonds. The molecule has 2 heterocycles. The maximum atomic E-state index is 5.81. The molecule has 1 saturated heterocycles. The number of aromatic nitrogens is 3. The Balaban J connectivity index is 1.76. The first-order valence-electron chi connectivity index (χ1n) is 6.89. The maximum Gasteiger partial charge on any atom is 0.223 e. The van der Waals surface area contributed by atoms with Crippen LogP contribution in [-0.4, -0.2) is 28.2 Å². The van der Waals surface area contributed by atoms with Crippen molar-refractivity contribution in [3.05, 3.63) is 11.6 Å². The zero-order chi connectivity index (χ0) is 12.4. The molecule has 5 heteroatoms. The Bertz CT molecular complexity index is 411. The molecule has 1 atom stereocenters. The molecular weight excluding hydrogens is 228 g/mol. The predicted molar refractivity (Wildman–Crippen MR) is 68.1 cm³/mol. The van der Waals surface area contributed by atoms with Gasteiger partial charge in [0.15, 0.2) is 0 Å². The topological polar surface area (TPSA) is 73.9 Å². The average molecular weight is 248 g/mol. The molecule has 1 saturated carbocycles. The molecule has 1 unspecified atom stereocenters. The third-order valence-electron chi connectivity index (χ3n) is 3.93. The molecular formula is C13H20N4O. The van der Waals surface area contributed by atoms with E-state index in [1.807, 2.05) is 0 Å². The normalized spacial score (nSPS) is 24.8. The van der Waals surface area contributed by atoms with Gasteiger partial charge in [-0.3, -0.25) is 0 Å². The van der Waals surface area contributed by atoms with Crippen LogP contribution in [0.25, 0.3) is 0 Å². The lowest BCUT2D eigenvalue weighted by molar-refractivity contribution is 0.185. The van der Waals surface area contributed by atoms with Crippen molar-refractivity contribution in [3.63, 3.8) is 0 Å². The Kier molecular flexibility index (Phi) is 3.41. The Labute approximate surface area is 107 Å². The summed E-state index contributed by atoms with van der Waals surface area (Å²) in [7, 11) is 0. The molecule has 0 bridgehead atoms. The Morgan fingerprint density at radius 3 is 2.67 bits per heavy atom. The number of nitrogens with zero attached hydrogens (tertiary/aromatic N) is 3. The minimum Gasteiger partial charge on any atom is -0.381 e. The van der Waals surface area contributed by atoms with Gasteiger partial charge in [0.25, 0.3) is 0 Å². The second-order valence-electron chi connectivity index (χ2n) is 5.38. The first-order chi connectivity index (χ1) is 8.81. The smallest absolute Gasteiger partial charge is 0.223 e. The molecule has 0 aromatic carbocycles. The molecule has 2 N–H and O–H groups in total. The fraction of sp³-hybridized carbons (Fsp3) is 0.769. The highest BCUT2D eigenvalue weighted by Gasteiger charge is 2.23. The zero-order valence-electron chi connectivity index (χ0n) is 10.6. The summed E-state index contributed by atoms with van der Waals surface area (Å²) in [6.07, 6.45) is 6.91. The number of nitrogens with two attached hydrogens (primary N) is 1.